The van der Waals surface area contributed by atoms with Crippen molar-refractivity contribution >= 4 is 5.91 Å². The van der Waals surface area contributed by atoms with Gasteiger partial charge in [-0.05, 0) is 12.1 Å². The maximum Gasteiger partial charge on any atom is 0.258 e. The van der Waals surface area contributed by atoms with Crippen LogP contribution in [0.3, 0.4) is 0 Å². The standard InChI is InChI=1S/C12H13N3O3/c13-6-8-7-14-4-5-15(8)12(18)9-2-1-3-10(16)11(9)17/h1-3,8,14,16-17H,4-5,7H2. The Morgan fingerprint density at radius 1 is 1.50 bits per heavy atom. The molecular formula is C12H13N3O3. The lowest BCUT2D eigenvalue weighted by Crippen LogP contribution is -2.53. The molecule has 1 aliphatic rings. The molecule has 0 saturated carbocycles. The summed E-state index contributed by atoms with van der Waals surface area (Å²) in [7, 11) is 0. The smallest absolute Gasteiger partial charge is 0.258 e. The van der Waals surface area contributed by atoms with Crippen LogP contribution in [0.2, 0.25) is 0 Å². The minimum Gasteiger partial charge on any atom is -0.504 e. The number of carbonyl (C=O) groups is 1. The van der Waals surface area contributed by atoms with Crippen molar-refractivity contribution in [3.8, 4) is 17.6 Å². The summed E-state index contributed by atoms with van der Waals surface area (Å²) in [5.74, 6) is -1.24. The second-order valence-electron chi connectivity index (χ2n) is 4.02. The highest BCUT2D eigenvalue weighted by Crippen LogP contribution is 2.29. The summed E-state index contributed by atoms with van der Waals surface area (Å²) in [6.07, 6.45) is 0. The molecule has 1 heterocycles. The van der Waals surface area contributed by atoms with E-state index in [0.29, 0.717) is 19.6 Å². The van der Waals surface area contributed by atoms with Crippen molar-refractivity contribution in [3.05, 3.63) is 23.8 Å². The van der Waals surface area contributed by atoms with Crippen LogP contribution in [0.15, 0.2) is 18.2 Å². The first kappa shape index (κ1) is 12.2. The Bertz CT molecular complexity index is 510. The summed E-state index contributed by atoms with van der Waals surface area (Å²) in [5.41, 5.74) is 0.0113. The van der Waals surface area contributed by atoms with E-state index in [1.54, 1.807) is 0 Å². The lowest BCUT2D eigenvalue weighted by Gasteiger charge is -2.32. The quantitative estimate of drug-likeness (QED) is 0.609. The number of nitriles is 1. The van der Waals surface area contributed by atoms with Gasteiger partial charge in [-0.25, -0.2) is 0 Å². The van der Waals surface area contributed by atoms with Gasteiger partial charge in [-0.3, -0.25) is 4.79 Å². The van der Waals surface area contributed by atoms with Crippen LogP contribution in [-0.2, 0) is 0 Å². The van der Waals surface area contributed by atoms with E-state index >= 15 is 0 Å². The number of phenolic OH excluding ortho intramolecular Hbond substituents is 2. The average molecular weight is 247 g/mol. The summed E-state index contributed by atoms with van der Waals surface area (Å²) in [6, 6.07) is 5.67. The van der Waals surface area contributed by atoms with Crippen LogP contribution < -0.4 is 5.32 Å². The Kier molecular flexibility index (Phi) is 3.35. The summed E-state index contributed by atoms with van der Waals surface area (Å²) < 4.78 is 0. The van der Waals surface area contributed by atoms with Gasteiger partial charge in [0.2, 0.25) is 0 Å². The van der Waals surface area contributed by atoms with Gasteiger partial charge in [-0.15, -0.1) is 0 Å². The maximum atomic E-state index is 12.2. The van der Waals surface area contributed by atoms with E-state index in [-0.39, 0.29) is 11.3 Å². The average Bonchev–Trinajstić information content (AvgIpc) is 2.41. The fourth-order valence-corrected chi connectivity index (χ4v) is 1.92. The second kappa shape index (κ2) is 4.94. The zero-order valence-electron chi connectivity index (χ0n) is 9.63. The molecule has 6 nitrogen and oxygen atoms in total. The van der Waals surface area contributed by atoms with Crippen molar-refractivity contribution in [2.75, 3.05) is 19.6 Å². The van der Waals surface area contributed by atoms with Gasteiger partial charge < -0.3 is 20.4 Å². The van der Waals surface area contributed by atoms with Gasteiger partial charge in [0.25, 0.3) is 5.91 Å². The molecule has 0 aliphatic carbocycles. The van der Waals surface area contributed by atoms with E-state index in [2.05, 4.69) is 5.32 Å². The predicted octanol–water partition coefficient (Wildman–Crippen LogP) is 0.0354. The molecule has 1 aromatic carbocycles. The molecule has 6 heteroatoms. The van der Waals surface area contributed by atoms with Crippen LogP contribution in [0.4, 0.5) is 0 Å². The fourth-order valence-electron chi connectivity index (χ4n) is 1.92. The number of phenols is 2. The predicted molar refractivity (Wildman–Crippen MR) is 63.1 cm³/mol. The number of hydrogen-bond acceptors (Lipinski definition) is 5. The largest absolute Gasteiger partial charge is 0.504 e. The summed E-state index contributed by atoms with van der Waals surface area (Å²) in [6.45, 7) is 1.40. The van der Waals surface area contributed by atoms with Crippen molar-refractivity contribution in [1.82, 2.24) is 10.2 Å². The lowest BCUT2D eigenvalue weighted by molar-refractivity contribution is 0.0683. The SMILES string of the molecule is N#CC1CNCCN1C(=O)c1cccc(O)c1O. The molecule has 0 aromatic heterocycles. The molecule has 1 aromatic rings. The number of rotatable bonds is 1. The summed E-state index contributed by atoms with van der Waals surface area (Å²) in [4.78, 5) is 13.6. The summed E-state index contributed by atoms with van der Waals surface area (Å²) in [5, 5.41) is 31.0. The molecule has 0 bridgehead atoms. The fraction of sp³-hybridized carbons (Fsp3) is 0.333. The van der Waals surface area contributed by atoms with Gasteiger partial charge in [0, 0.05) is 19.6 Å². The molecule has 1 saturated heterocycles. The van der Waals surface area contributed by atoms with E-state index in [4.69, 9.17) is 5.26 Å². The molecule has 1 atom stereocenters. The number of piperazine rings is 1. The van der Waals surface area contributed by atoms with Crippen molar-refractivity contribution in [1.29, 1.82) is 5.26 Å². The van der Waals surface area contributed by atoms with Crippen LogP contribution >= 0.6 is 0 Å². The number of amides is 1. The van der Waals surface area contributed by atoms with Gasteiger partial charge in [0.15, 0.2) is 11.5 Å². The lowest BCUT2D eigenvalue weighted by atomic mass is 10.1. The molecule has 1 aliphatic heterocycles. The Morgan fingerprint density at radius 2 is 2.28 bits per heavy atom. The number of nitrogens with one attached hydrogen (secondary N) is 1. The highest BCUT2D eigenvalue weighted by Gasteiger charge is 2.29. The number of hydrogen-bond donors (Lipinski definition) is 3. The molecule has 94 valence electrons. The second-order valence-corrected chi connectivity index (χ2v) is 4.02. The third-order valence-electron chi connectivity index (χ3n) is 2.90. The first-order valence-electron chi connectivity index (χ1n) is 5.57. The molecule has 1 unspecified atom stereocenters. The van der Waals surface area contributed by atoms with Gasteiger partial charge >= 0.3 is 0 Å². The number of benzene rings is 1. The number of aromatic hydroxyl groups is 2. The first-order valence-corrected chi connectivity index (χ1v) is 5.57. The highest BCUT2D eigenvalue weighted by molar-refractivity contribution is 5.98. The molecule has 0 radical (unpaired) electrons. The molecule has 18 heavy (non-hydrogen) atoms. The normalized spacial score (nSPS) is 19.3. The van der Waals surface area contributed by atoms with Crippen LogP contribution in [0, 0.1) is 11.3 Å². The van der Waals surface area contributed by atoms with E-state index in [9.17, 15) is 15.0 Å². The monoisotopic (exact) mass is 247 g/mol. The minimum absolute atomic E-state index is 0.0113. The number of para-hydroxylation sites is 1. The highest BCUT2D eigenvalue weighted by atomic mass is 16.3. The summed E-state index contributed by atoms with van der Waals surface area (Å²) >= 11 is 0. The first-order chi connectivity index (χ1) is 8.65. The third-order valence-corrected chi connectivity index (χ3v) is 2.90. The van der Waals surface area contributed by atoms with E-state index < -0.39 is 17.7 Å². The van der Waals surface area contributed by atoms with Crippen molar-refractivity contribution in [3.63, 3.8) is 0 Å². The molecule has 0 spiro atoms. The maximum absolute atomic E-state index is 12.2. The Labute approximate surface area is 104 Å². The van der Waals surface area contributed by atoms with Crippen molar-refractivity contribution in [2.45, 2.75) is 6.04 Å². The molecular weight excluding hydrogens is 234 g/mol. The van der Waals surface area contributed by atoms with Gasteiger partial charge in [-0.2, -0.15) is 5.26 Å². The van der Waals surface area contributed by atoms with E-state index in [0.717, 1.165) is 0 Å². The van der Waals surface area contributed by atoms with Crippen LogP contribution in [0.1, 0.15) is 10.4 Å². The molecule has 2 rings (SSSR count). The number of nitrogens with zero attached hydrogens (tertiary/aromatic N) is 2. The Balaban J connectivity index is 2.30. The Hall–Kier alpha value is -2.26. The van der Waals surface area contributed by atoms with Crippen LogP contribution in [0.25, 0.3) is 0 Å². The zero-order chi connectivity index (χ0) is 13.1. The minimum atomic E-state index is -0.562. The zero-order valence-corrected chi connectivity index (χ0v) is 9.63. The number of carbonyl (C=O) groups excluding carboxylic acids is 1. The third kappa shape index (κ3) is 2.08. The van der Waals surface area contributed by atoms with Crippen molar-refractivity contribution in [2.24, 2.45) is 0 Å². The van der Waals surface area contributed by atoms with Crippen LogP contribution in [0.5, 0.6) is 11.5 Å². The van der Waals surface area contributed by atoms with Crippen molar-refractivity contribution < 1.29 is 15.0 Å². The van der Waals surface area contributed by atoms with E-state index in [1.807, 2.05) is 6.07 Å². The molecule has 3 N–H and O–H groups in total. The van der Waals surface area contributed by atoms with E-state index in [1.165, 1.54) is 23.1 Å². The Morgan fingerprint density at radius 3 is 3.00 bits per heavy atom. The van der Waals surface area contributed by atoms with Gasteiger partial charge in [0.05, 0.1) is 11.6 Å². The van der Waals surface area contributed by atoms with Crippen LogP contribution in [-0.4, -0.2) is 46.7 Å². The topological polar surface area (TPSA) is 96.6 Å². The molecule has 1 fully saturated rings. The molecule has 1 amide bonds. The van der Waals surface area contributed by atoms with Gasteiger partial charge in [0.1, 0.15) is 6.04 Å². The van der Waals surface area contributed by atoms with Gasteiger partial charge in [-0.1, -0.05) is 6.07 Å².